The van der Waals surface area contributed by atoms with Crippen molar-refractivity contribution in [2.75, 3.05) is 13.1 Å². The molecule has 0 saturated carbocycles. The molecule has 38 heavy (non-hydrogen) atoms. The summed E-state index contributed by atoms with van der Waals surface area (Å²) in [4.78, 5) is 13.8. The van der Waals surface area contributed by atoms with Gasteiger partial charge in [-0.3, -0.25) is 9.67 Å². The van der Waals surface area contributed by atoms with Crippen LogP contribution in [-0.4, -0.2) is 47.4 Å². The third-order valence-corrected chi connectivity index (χ3v) is 7.49. The Hall–Kier alpha value is -4.43. The summed E-state index contributed by atoms with van der Waals surface area (Å²) in [7, 11) is 0. The predicted octanol–water partition coefficient (Wildman–Crippen LogP) is 5.18. The van der Waals surface area contributed by atoms with Crippen molar-refractivity contribution in [1.82, 2.24) is 39.7 Å². The van der Waals surface area contributed by atoms with Gasteiger partial charge in [-0.15, -0.1) is 0 Å². The molecule has 0 amide bonds. The van der Waals surface area contributed by atoms with Crippen molar-refractivity contribution in [3.05, 3.63) is 85.2 Å². The highest BCUT2D eigenvalue weighted by Gasteiger charge is 2.17. The van der Waals surface area contributed by atoms with Crippen LogP contribution in [0.5, 0.6) is 0 Å². The van der Waals surface area contributed by atoms with E-state index in [-0.39, 0.29) is 0 Å². The summed E-state index contributed by atoms with van der Waals surface area (Å²) in [6.45, 7) is 5.19. The molecule has 1 aliphatic heterocycles. The third kappa shape index (κ3) is 4.22. The number of piperidine rings is 1. The molecule has 5 aromatic heterocycles. The molecule has 188 valence electrons. The SMILES string of the molecule is Cc1nn2c(-c3ccc4ccc(-c5ccncc5)cc4n3)cnc2cc1-c1cnn(CC2CCNCC2)c1. The van der Waals surface area contributed by atoms with Gasteiger partial charge in [-0.1, -0.05) is 18.2 Å². The van der Waals surface area contributed by atoms with Gasteiger partial charge in [0, 0.05) is 41.6 Å². The first-order valence-corrected chi connectivity index (χ1v) is 13.1. The van der Waals surface area contributed by atoms with Crippen LogP contribution in [0, 0.1) is 12.8 Å². The van der Waals surface area contributed by atoms with Crippen LogP contribution in [0.1, 0.15) is 18.5 Å². The van der Waals surface area contributed by atoms with E-state index in [1.165, 1.54) is 12.8 Å². The van der Waals surface area contributed by atoms with E-state index in [0.717, 1.165) is 75.5 Å². The maximum absolute atomic E-state index is 4.99. The highest BCUT2D eigenvalue weighted by molar-refractivity contribution is 5.86. The van der Waals surface area contributed by atoms with E-state index in [9.17, 15) is 0 Å². The lowest BCUT2D eigenvalue weighted by molar-refractivity contribution is 0.321. The molecule has 6 aromatic rings. The first kappa shape index (κ1) is 22.7. The smallest absolute Gasteiger partial charge is 0.154 e. The first-order chi connectivity index (χ1) is 18.7. The predicted molar refractivity (Wildman–Crippen MR) is 149 cm³/mol. The van der Waals surface area contributed by atoms with Crippen LogP contribution in [0.3, 0.4) is 0 Å². The average Bonchev–Trinajstić information content (AvgIpc) is 3.60. The number of hydrogen-bond donors (Lipinski definition) is 1. The molecule has 1 saturated heterocycles. The standard InChI is InChI=1S/C30H28N8/c1-20-26(25-16-34-37(19-25)18-21-6-10-31-11-7-21)15-30-33-17-29(38(30)36-20)27-5-4-23-2-3-24(14-28(23)35-27)22-8-12-32-13-9-22/h2-5,8-9,12-17,19,21,31H,6-7,10-11,18H2,1H3. The molecule has 1 aliphatic rings. The average molecular weight is 501 g/mol. The van der Waals surface area contributed by atoms with Crippen LogP contribution in [0.2, 0.25) is 0 Å². The zero-order chi connectivity index (χ0) is 25.5. The van der Waals surface area contributed by atoms with Gasteiger partial charge >= 0.3 is 0 Å². The summed E-state index contributed by atoms with van der Waals surface area (Å²) in [6.07, 6.45) is 12.0. The Morgan fingerprint density at radius 2 is 1.76 bits per heavy atom. The lowest BCUT2D eigenvalue weighted by atomic mass is 9.98. The minimum atomic E-state index is 0.677. The molecule has 0 bridgehead atoms. The van der Waals surface area contributed by atoms with Gasteiger partial charge in [-0.2, -0.15) is 10.2 Å². The Kier molecular flexibility index (Phi) is 5.66. The third-order valence-electron chi connectivity index (χ3n) is 7.49. The monoisotopic (exact) mass is 500 g/mol. The Bertz CT molecular complexity index is 1750. The largest absolute Gasteiger partial charge is 0.317 e. The molecular weight excluding hydrogens is 472 g/mol. The number of aromatic nitrogens is 7. The van der Waals surface area contributed by atoms with Crippen LogP contribution >= 0.6 is 0 Å². The maximum Gasteiger partial charge on any atom is 0.154 e. The second-order valence-electron chi connectivity index (χ2n) is 10.0. The van der Waals surface area contributed by atoms with E-state index in [0.29, 0.717) is 5.92 Å². The molecule has 0 atom stereocenters. The van der Waals surface area contributed by atoms with E-state index in [2.05, 4.69) is 61.6 Å². The molecule has 0 radical (unpaired) electrons. The zero-order valence-electron chi connectivity index (χ0n) is 21.2. The fraction of sp³-hybridized carbons (Fsp3) is 0.233. The van der Waals surface area contributed by atoms with E-state index in [4.69, 9.17) is 10.1 Å². The van der Waals surface area contributed by atoms with Gasteiger partial charge in [0.15, 0.2) is 5.65 Å². The van der Waals surface area contributed by atoms with Crippen molar-refractivity contribution in [3.63, 3.8) is 0 Å². The second kappa shape index (κ2) is 9.46. The van der Waals surface area contributed by atoms with Gasteiger partial charge in [0.25, 0.3) is 0 Å². The zero-order valence-corrected chi connectivity index (χ0v) is 21.2. The molecule has 0 spiro atoms. The summed E-state index contributed by atoms with van der Waals surface area (Å²) in [6, 6.07) is 16.6. The summed E-state index contributed by atoms with van der Waals surface area (Å²) in [5, 5.41) is 14.1. The second-order valence-corrected chi connectivity index (χ2v) is 10.0. The van der Waals surface area contributed by atoms with Crippen LogP contribution in [0.15, 0.2) is 79.5 Å². The van der Waals surface area contributed by atoms with Crippen molar-refractivity contribution in [3.8, 4) is 33.6 Å². The Morgan fingerprint density at radius 1 is 0.921 bits per heavy atom. The van der Waals surface area contributed by atoms with Crippen molar-refractivity contribution in [2.45, 2.75) is 26.3 Å². The number of rotatable bonds is 5. The van der Waals surface area contributed by atoms with Gasteiger partial charge in [-0.05, 0) is 80.2 Å². The molecule has 8 heteroatoms. The number of nitrogens with one attached hydrogen (secondary N) is 1. The molecule has 1 N–H and O–H groups in total. The van der Waals surface area contributed by atoms with Crippen molar-refractivity contribution in [2.24, 2.45) is 5.92 Å². The maximum atomic E-state index is 4.99. The number of fused-ring (bicyclic) bond motifs is 2. The minimum Gasteiger partial charge on any atom is -0.317 e. The van der Waals surface area contributed by atoms with Crippen LogP contribution in [-0.2, 0) is 6.54 Å². The number of nitrogens with zero attached hydrogens (tertiary/aromatic N) is 7. The quantitative estimate of drug-likeness (QED) is 0.351. The van der Waals surface area contributed by atoms with Gasteiger partial charge in [0.1, 0.15) is 5.69 Å². The highest BCUT2D eigenvalue weighted by Crippen LogP contribution is 2.29. The lowest BCUT2D eigenvalue weighted by Crippen LogP contribution is -2.29. The number of aryl methyl sites for hydroxylation is 1. The molecule has 6 heterocycles. The van der Waals surface area contributed by atoms with Gasteiger partial charge in [-0.25, -0.2) is 14.5 Å². The van der Waals surface area contributed by atoms with E-state index < -0.39 is 0 Å². The fourth-order valence-electron chi connectivity index (χ4n) is 5.38. The molecule has 0 aliphatic carbocycles. The van der Waals surface area contributed by atoms with Crippen LogP contribution < -0.4 is 5.32 Å². The number of imidazole rings is 1. The topological polar surface area (TPSA) is 85.8 Å². The van der Waals surface area contributed by atoms with Crippen LogP contribution in [0.25, 0.3) is 50.2 Å². The van der Waals surface area contributed by atoms with E-state index in [1.54, 1.807) is 0 Å². The lowest BCUT2D eigenvalue weighted by Gasteiger charge is -2.22. The van der Waals surface area contributed by atoms with E-state index in [1.807, 2.05) is 54.4 Å². The molecule has 7 rings (SSSR count). The van der Waals surface area contributed by atoms with Crippen LogP contribution in [0.4, 0.5) is 0 Å². The van der Waals surface area contributed by atoms with E-state index >= 15 is 0 Å². The molecule has 1 fully saturated rings. The highest BCUT2D eigenvalue weighted by atomic mass is 15.3. The number of hydrogen-bond acceptors (Lipinski definition) is 6. The summed E-state index contributed by atoms with van der Waals surface area (Å²) in [5.41, 5.74) is 8.72. The number of pyridine rings is 2. The Balaban J connectivity index is 1.21. The fourth-order valence-corrected chi connectivity index (χ4v) is 5.38. The molecular formula is C30H28N8. The van der Waals surface area contributed by atoms with Gasteiger partial charge < -0.3 is 5.32 Å². The normalized spacial score (nSPS) is 14.4. The summed E-state index contributed by atoms with van der Waals surface area (Å²) in [5.74, 6) is 0.677. The molecule has 8 nitrogen and oxygen atoms in total. The minimum absolute atomic E-state index is 0.677. The Morgan fingerprint density at radius 3 is 2.63 bits per heavy atom. The number of benzene rings is 1. The van der Waals surface area contributed by atoms with Crippen molar-refractivity contribution in [1.29, 1.82) is 0 Å². The summed E-state index contributed by atoms with van der Waals surface area (Å²) < 4.78 is 3.96. The Labute approximate surface area is 220 Å². The van der Waals surface area contributed by atoms with Gasteiger partial charge in [0.2, 0.25) is 0 Å². The molecule has 0 unspecified atom stereocenters. The van der Waals surface area contributed by atoms with Crippen molar-refractivity contribution >= 4 is 16.6 Å². The first-order valence-electron chi connectivity index (χ1n) is 13.1. The van der Waals surface area contributed by atoms with Crippen molar-refractivity contribution < 1.29 is 0 Å². The molecule has 1 aromatic carbocycles. The summed E-state index contributed by atoms with van der Waals surface area (Å²) >= 11 is 0. The van der Waals surface area contributed by atoms with Gasteiger partial charge in [0.05, 0.1) is 29.3 Å².